The second kappa shape index (κ2) is 15.3. The van der Waals surface area contributed by atoms with Crippen molar-refractivity contribution in [2.45, 2.75) is 31.0 Å². The first-order valence-electron chi connectivity index (χ1n) is 10.4. The maximum Gasteiger partial charge on any atom is 0.338 e. The lowest BCUT2D eigenvalue weighted by atomic mass is 10.0. The molecule has 10 heteroatoms. The zero-order chi connectivity index (χ0) is 23.8. The van der Waals surface area contributed by atoms with E-state index in [0.29, 0.717) is 27.7 Å². The molecule has 3 rings (SSSR count). The Hall–Kier alpha value is -1.75. The molecule has 0 unspecified atom stereocenters. The van der Waals surface area contributed by atoms with Crippen LogP contribution in [0.2, 0.25) is 0 Å². The quantitative estimate of drug-likeness (QED) is 0.350. The number of ether oxygens (including phenoxy) is 1. The van der Waals surface area contributed by atoms with Gasteiger partial charge in [-0.1, -0.05) is 18.2 Å². The highest BCUT2D eigenvalue weighted by atomic mass is 79.9. The van der Waals surface area contributed by atoms with Gasteiger partial charge in [-0.15, -0.1) is 24.2 Å². The third-order valence-electron chi connectivity index (χ3n) is 4.85. The monoisotopic (exact) mass is 576 g/mol. The van der Waals surface area contributed by atoms with Crippen LogP contribution >= 0.6 is 40.1 Å². The zero-order valence-corrected chi connectivity index (χ0v) is 23.3. The van der Waals surface area contributed by atoms with Gasteiger partial charge in [0, 0.05) is 54.1 Å². The van der Waals surface area contributed by atoms with E-state index in [1.54, 1.807) is 17.8 Å². The molecule has 3 aromatic rings. The predicted octanol–water partition coefficient (Wildman–Crippen LogP) is 5.34. The van der Waals surface area contributed by atoms with Crippen LogP contribution in [0.5, 0.6) is 5.75 Å². The fourth-order valence-corrected chi connectivity index (χ4v) is 4.87. The van der Waals surface area contributed by atoms with E-state index in [1.165, 1.54) is 0 Å². The van der Waals surface area contributed by atoms with E-state index in [4.69, 9.17) is 4.74 Å². The number of hydrogen-bond donors (Lipinski definition) is 2. The van der Waals surface area contributed by atoms with Gasteiger partial charge in [0.05, 0.1) is 15.6 Å². The van der Waals surface area contributed by atoms with E-state index in [1.807, 2.05) is 74.8 Å². The molecule has 0 aliphatic heterocycles. The van der Waals surface area contributed by atoms with E-state index >= 15 is 0 Å². The number of benzene rings is 2. The number of hydrogen-bond acceptors (Lipinski definition) is 5. The minimum Gasteiger partial charge on any atom is -0.506 e. The summed E-state index contributed by atoms with van der Waals surface area (Å²) < 4.78 is 7.31. The molecule has 0 fully saturated rings. The number of rotatable bonds is 8. The molecule has 4 N–H and O–H groups in total. The Kier molecular flexibility index (Phi) is 14.5. The van der Waals surface area contributed by atoms with Crippen LogP contribution in [0.25, 0.3) is 10.9 Å². The number of fused-ring (bicyclic) bond motifs is 1. The SMILES string of the molecule is CCOCC.CN(C)Cc1c(O)c(Br)cc2c1c(C(=O)O)c(CSc1ccccc1)n2C.Cl.O. The maximum atomic E-state index is 12.2. The number of carboxylic acids is 1. The summed E-state index contributed by atoms with van der Waals surface area (Å²) in [4.78, 5) is 15.2. The van der Waals surface area contributed by atoms with Gasteiger partial charge in [0.15, 0.2) is 0 Å². The maximum absolute atomic E-state index is 12.2. The van der Waals surface area contributed by atoms with E-state index in [2.05, 4.69) is 15.9 Å². The van der Waals surface area contributed by atoms with Gasteiger partial charge in [-0.2, -0.15) is 0 Å². The van der Waals surface area contributed by atoms with Gasteiger partial charge < -0.3 is 29.9 Å². The summed E-state index contributed by atoms with van der Waals surface area (Å²) in [7, 11) is 5.65. The van der Waals surface area contributed by atoms with Crippen molar-refractivity contribution < 1.29 is 25.2 Å². The van der Waals surface area contributed by atoms with Crippen molar-refractivity contribution in [3.63, 3.8) is 0 Å². The van der Waals surface area contributed by atoms with Crippen molar-refractivity contribution in [3.8, 4) is 5.75 Å². The lowest BCUT2D eigenvalue weighted by Gasteiger charge is -2.14. The van der Waals surface area contributed by atoms with E-state index < -0.39 is 5.97 Å². The Labute approximate surface area is 219 Å². The van der Waals surface area contributed by atoms with Gasteiger partial charge in [-0.25, -0.2) is 4.79 Å². The number of carboxylic acid groups (broad SMARTS) is 1. The van der Waals surface area contributed by atoms with Gasteiger partial charge in [-0.05, 0) is 62.1 Å². The second-order valence-electron chi connectivity index (χ2n) is 7.39. The number of phenols is 1. The molecular formula is C24H34BrClN2O5S. The first-order valence-corrected chi connectivity index (χ1v) is 12.2. The molecule has 0 atom stereocenters. The van der Waals surface area contributed by atoms with Crippen molar-refractivity contribution in [2.24, 2.45) is 7.05 Å². The molecule has 1 heterocycles. The topological polar surface area (TPSA) is 106 Å². The lowest BCUT2D eigenvalue weighted by Crippen LogP contribution is -2.12. The van der Waals surface area contributed by atoms with Crippen molar-refractivity contribution >= 4 is 57.0 Å². The van der Waals surface area contributed by atoms with Crippen molar-refractivity contribution in [1.29, 1.82) is 0 Å². The largest absolute Gasteiger partial charge is 0.506 e. The van der Waals surface area contributed by atoms with Gasteiger partial charge in [0.25, 0.3) is 0 Å². The van der Waals surface area contributed by atoms with Crippen LogP contribution in [0.4, 0.5) is 0 Å². The summed E-state index contributed by atoms with van der Waals surface area (Å²) in [5.74, 6) is -0.367. The van der Waals surface area contributed by atoms with Crippen molar-refractivity contribution in [2.75, 3.05) is 27.3 Å². The Bertz CT molecular complexity index is 1060. The Balaban J connectivity index is 0.00000141. The molecule has 0 radical (unpaired) electrons. The zero-order valence-electron chi connectivity index (χ0n) is 20.1. The Morgan fingerprint density at radius 3 is 2.24 bits per heavy atom. The smallest absolute Gasteiger partial charge is 0.338 e. The number of carbonyl (C=O) groups is 1. The molecular weight excluding hydrogens is 544 g/mol. The van der Waals surface area contributed by atoms with Crippen LogP contribution in [0.15, 0.2) is 45.8 Å². The molecule has 0 aliphatic carbocycles. The van der Waals surface area contributed by atoms with Crippen LogP contribution in [0, 0.1) is 0 Å². The minimum atomic E-state index is -0.981. The summed E-state index contributed by atoms with van der Waals surface area (Å²) in [6.45, 7) is 6.11. The number of phenolic OH excluding ortho intramolecular Hbond substituents is 1. The molecule has 0 saturated carbocycles. The number of aryl methyl sites for hydroxylation is 1. The molecule has 1 aromatic heterocycles. The summed E-state index contributed by atoms with van der Waals surface area (Å²) in [6.07, 6.45) is 0. The number of thioether (sulfide) groups is 1. The van der Waals surface area contributed by atoms with Crippen LogP contribution < -0.4 is 0 Å². The highest BCUT2D eigenvalue weighted by molar-refractivity contribution is 9.10. The van der Waals surface area contributed by atoms with Crippen LogP contribution in [-0.4, -0.2) is 58.4 Å². The minimum absolute atomic E-state index is 0. The Morgan fingerprint density at radius 2 is 1.76 bits per heavy atom. The predicted molar refractivity (Wildman–Crippen MR) is 146 cm³/mol. The highest BCUT2D eigenvalue weighted by Crippen LogP contribution is 2.40. The molecule has 190 valence electrons. The van der Waals surface area contributed by atoms with Crippen LogP contribution in [-0.2, 0) is 24.1 Å². The average Bonchev–Trinajstić information content (AvgIpc) is 3.03. The first kappa shape index (κ1) is 32.2. The lowest BCUT2D eigenvalue weighted by molar-refractivity contribution is 0.0697. The number of aromatic nitrogens is 1. The fourth-order valence-electron chi connectivity index (χ4n) is 3.42. The van der Waals surface area contributed by atoms with E-state index in [-0.39, 0.29) is 29.2 Å². The number of nitrogens with zero attached hydrogens (tertiary/aromatic N) is 2. The number of aromatic carboxylic acids is 1. The molecule has 0 bridgehead atoms. The highest BCUT2D eigenvalue weighted by Gasteiger charge is 2.26. The van der Waals surface area contributed by atoms with Crippen LogP contribution in [0.3, 0.4) is 0 Å². The van der Waals surface area contributed by atoms with E-state index in [9.17, 15) is 15.0 Å². The summed E-state index contributed by atoms with van der Waals surface area (Å²) in [5, 5.41) is 21.1. The van der Waals surface area contributed by atoms with Gasteiger partial charge in [-0.3, -0.25) is 0 Å². The Morgan fingerprint density at radius 1 is 1.18 bits per heavy atom. The second-order valence-corrected chi connectivity index (χ2v) is 9.29. The molecule has 0 aliphatic rings. The number of halogens is 2. The molecule has 2 aromatic carbocycles. The third kappa shape index (κ3) is 7.90. The van der Waals surface area contributed by atoms with Crippen molar-refractivity contribution in [3.05, 3.63) is 57.7 Å². The standard InChI is InChI=1S/C20H21BrN2O3S.C4H10O.ClH.H2O/c1-22(2)10-13-17-15(9-14(21)19(13)24)23(3)16(18(17)20(25)26)11-27-12-7-5-4-6-8-12;1-3-5-4-2;;/h4-9,24H,10-11H2,1-3H3,(H,25,26);3-4H2,1-2H3;1H;1H2. The molecule has 34 heavy (non-hydrogen) atoms. The summed E-state index contributed by atoms with van der Waals surface area (Å²) in [6, 6.07) is 11.7. The summed E-state index contributed by atoms with van der Waals surface area (Å²) in [5.41, 5.74) is 2.39. The number of aromatic hydroxyl groups is 1. The first-order chi connectivity index (χ1) is 15.2. The fraction of sp³-hybridized carbons (Fsp3) is 0.375. The average molecular weight is 578 g/mol. The normalized spacial score (nSPS) is 10.3. The summed E-state index contributed by atoms with van der Waals surface area (Å²) >= 11 is 5.00. The van der Waals surface area contributed by atoms with Gasteiger partial charge in [0.2, 0.25) is 0 Å². The molecule has 0 saturated heterocycles. The van der Waals surface area contributed by atoms with Gasteiger partial charge >= 0.3 is 5.97 Å². The molecule has 0 amide bonds. The molecule has 0 spiro atoms. The van der Waals surface area contributed by atoms with Crippen molar-refractivity contribution in [1.82, 2.24) is 9.47 Å². The third-order valence-corrected chi connectivity index (χ3v) is 6.48. The van der Waals surface area contributed by atoms with Gasteiger partial charge in [0.1, 0.15) is 5.75 Å². The molecule has 7 nitrogen and oxygen atoms in total. The van der Waals surface area contributed by atoms with E-state index in [0.717, 1.165) is 29.3 Å². The van der Waals surface area contributed by atoms with Crippen LogP contribution in [0.1, 0.15) is 35.5 Å².